The van der Waals surface area contributed by atoms with Gasteiger partial charge in [-0.05, 0) is 19.3 Å². The van der Waals surface area contributed by atoms with Crippen molar-refractivity contribution >= 4 is 12.0 Å². The van der Waals surface area contributed by atoms with E-state index in [0.29, 0.717) is 26.2 Å². The first-order chi connectivity index (χ1) is 7.97. The van der Waals surface area contributed by atoms with Gasteiger partial charge in [0.15, 0.2) is 0 Å². The van der Waals surface area contributed by atoms with E-state index >= 15 is 0 Å². The minimum atomic E-state index is -1.02. The first kappa shape index (κ1) is 15.7. The molecule has 6 heteroatoms. The first-order valence-electron chi connectivity index (χ1n) is 5.82. The molecule has 0 saturated carbocycles. The summed E-state index contributed by atoms with van der Waals surface area (Å²) in [5.41, 5.74) is 0. The summed E-state index contributed by atoms with van der Waals surface area (Å²) in [6.07, 6.45) is 0.411. The molecule has 17 heavy (non-hydrogen) atoms. The van der Waals surface area contributed by atoms with Gasteiger partial charge in [0.05, 0.1) is 6.61 Å². The molecule has 0 aromatic heterocycles. The molecule has 1 atom stereocenters. The summed E-state index contributed by atoms with van der Waals surface area (Å²) >= 11 is 0. The van der Waals surface area contributed by atoms with Gasteiger partial charge in [-0.25, -0.2) is 9.59 Å². The highest BCUT2D eigenvalue weighted by Gasteiger charge is 2.20. The van der Waals surface area contributed by atoms with Crippen molar-refractivity contribution < 1.29 is 19.4 Å². The number of carboxylic acid groups (broad SMARTS) is 1. The van der Waals surface area contributed by atoms with Gasteiger partial charge in [0.2, 0.25) is 0 Å². The van der Waals surface area contributed by atoms with Crippen LogP contribution in [0.15, 0.2) is 0 Å². The average molecular weight is 246 g/mol. The lowest BCUT2D eigenvalue weighted by atomic mass is 10.0. The van der Waals surface area contributed by atoms with E-state index in [1.165, 1.54) is 0 Å². The SMILES string of the molecule is CCOCCNC(=O)NC(CC(C)C)C(=O)O. The predicted octanol–water partition coefficient (Wildman–Crippen LogP) is 0.821. The van der Waals surface area contributed by atoms with Crippen LogP contribution in [0.4, 0.5) is 4.79 Å². The number of carbonyl (C=O) groups excluding carboxylic acids is 1. The highest BCUT2D eigenvalue weighted by Crippen LogP contribution is 2.04. The van der Waals surface area contributed by atoms with Gasteiger partial charge in [0.25, 0.3) is 0 Å². The summed E-state index contributed by atoms with van der Waals surface area (Å²) in [5, 5.41) is 13.9. The molecule has 0 spiro atoms. The lowest BCUT2D eigenvalue weighted by Crippen LogP contribution is -2.47. The third-order valence-electron chi connectivity index (χ3n) is 2.05. The molecule has 0 heterocycles. The second-order valence-electron chi connectivity index (χ2n) is 4.12. The Morgan fingerprint density at radius 3 is 2.47 bits per heavy atom. The zero-order valence-corrected chi connectivity index (χ0v) is 10.7. The van der Waals surface area contributed by atoms with Gasteiger partial charge in [0, 0.05) is 13.2 Å². The van der Waals surface area contributed by atoms with Gasteiger partial charge in [0.1, 0.15) is 6.04 Å². The van der Waals surface area contributed by atoms with Crippen LogP contribution in [0.2, 0.25) is 0 Å². The van der Waals surface area contributed by atoms with Crippen molar-refractivity contribution in [2.45, 2.75) is 33.2 Å². The second-order valence-corrected chi connectivity index (χ2v) is 4.12. The fourth-order valence-corrected chi connectivity index (χ4v) is 1.28. The summed E-state index contributed by atoms with van der Waals surface area (Å²) in [6, 6.07) is -1.32. The quantitative estimate of drug-likeness (QED) is 0.553. The maximum absolute atomic E-state index is 11.4. The lowest BCUT2D eigenvalue weighted by Gasteiger charge is -2.16. The molecule has 0 aliphatic heterocycles. The van der Waals surface area contributed by atoms with E-state index in [2.05, 4.69) is 10.6 Å². The molecule has 3 N–H and O–H groups in total. The van der Waals surface area contributed by atoms with Gasteiger partial charge in [-0.3, -0.25) is 0 Å². The van der Waals surface area contributed by atoms with Crippen molar-refractivity contribution in [2.75, 3.05) is 19.8 Å². The monoisotopic (exact) mass is 246 g/mol. The molecule has 100 valence electrons. The normalized spacial score (nSPS) is 12.2. The van der Waals surface area contributed by atoms with Crippen LogP contribution < -0.4 is 10.6 Å². The molecule has 0 radical (unpaired) electrons. The summed E-state index contributed by atoms with van der Waals surface area (Å²) in [4.78, 5) is 22.2. The number of carboxylic acids is 1. The Hall–Kier alpha value is -1.30. The molecular formula is C11H22N2O4. The zero-order chi connectivity index (χ0) is 13.3. The molecule has 0 aliphatic rings. The highest BCUT2D eigenvalue weighted by molar-refractivity contribution is 5.82. The molecular weight excluding hydrogens is 224 g/mol. The minimum absolute atomic E-state index is 0.208. The van der Waals surface area contributed by atoms with E-state index in [4.69, 9.17) is 9.84 Å². The van der Waals surface area contributed by atoms with Crippen LogP contribution in [0.3, 0.4) is 0 Å². The second kappa shape index (κ2) is 8.81. The van der Waals surface area contributed by atoms with Crippen LogP contribution in [-0.4, -0.2) is 42.9 Å². The molecule has 0 aromatic rings. The smallest absolute Gasteiger partial charge is 0.326 e. The van der Waals surface area contributed by atoms with Crippen LogP contribution >= 0.6 is 0 Å². The first-order valence-corrected chi connectivity index (χ1v) is 5.82. The molecule has 0 saturated heterocycles. The van der Waals surface area contributed by atoms with E-state index < -0.39 is 18.0 Å². The van der Waals surface area contributed by atoms with Gasteiger partial charge < -0.3 is 20.5 Å². The van der Waals surface area contributed by atoms with Crippen molar-refractivity contribution in [3.63, 3.8) is 0 Å². The molecule has 6 nitrogen and oxygen atoms in total. The third kappa shape index (κ3) is 8.50. The van der Waals surface area contributed by atoms with E-state index in [1.807, 2.05) is 20.8 Å². The van der Waals surface area contributed by atoms with Crippen LogP contribution in [0.25, 0.3) is 0 Å². The van der Waals surface area contributed by atoms with Crippen LogP contribution in [0.1, 0.15) is 27.2 Å². The van der Waals surface area contributed by atoms with E-state index in [-0.39, 0.29) is 5.92 Å². The zero-order valence-electron chi connectivity index (χ0n) is 10.7. The number of ether oxygens (including phenoxy) is 1. The standard InChI is InChI=1S/C11H22N2O4/c1-4-17-6-5-12-11(16)13-9(10(14)15)7-8(2)3/h8-9H,4-7H2,1-3H3,(H,14,15)(H2,12,13,16). The van der Waals surface area contributed by atoms with Crippen molar-refractivity contribution in [3.8, 4) is 0 Å². The Kier molecular flexibility index (Phi) is 8.13. The maximum Gasteiger partial charge on any atom is 0.326 e. The Balaban J connectivity index is 3.91. The molecule has 2 amide bonds. The van der Waals surface area contributed by atoms with Crippen molar-refractivity contribution in [1.82, 2.24) is 10.6 Å². The summed E-state index contributed by atoms with van der Waals surface area (Å²) in [5.74, 6) is -0.807. The summed E-state index contributed by atoms with van der Waals surface area (Å²) < 4.78 is 5.04. The predicted molar refractivity (Wildman–Crippen MR) is 63.9 cm³/mol. The van der Waals surface area contributed by atoms with Gasteiger partial charge in [-0.2, -0.15) is 0 Å². The van der Waals surface area contributed by atoms with E-state index in [9.17, 15) is 9.59 Å². The molecule has 1 unspecified atom stereocenters. The van der Waals surface area contributed by atoms with Crippen molar-refractivity contribution in [2.24, 2.45) is 5.92 Å². The highest BCUT2D eigenvalue weighted by atomic mass is 16.5. The summed E-state index contributed by atoms with van der Waals surface area (Å²) in [6.45, 7) is 7.06. The molecule has 0 bridgehead atoms. The number of urea groups is 1. The number of carbonyl (C=O) groups is 2. The fourth-order valence-electron chi connectivity index (χ4n) is 1.28. The van der Waals surface area contributed by atoms with Gasteiger partial charge >= 0.3 is 12.0 Å². The Bertz CT molecular complexity index is 244. The minimum Gasteiger partial charge on any atom is -0.480 e. The fraction of sp³-hybridized carbons (Fsp3) is 0.818. The van der Waals surface area contributed by atoms with Gasteiger partial charge in [-0.15, -0.1) is 0 Å². The Labute approximate surface area is 102 Å². The largest absolute Gasteiger partial charge is 0.480 e. The number of amides is 2. The van der Waals surface area contributed by atoms with Crippen molar-refractivity contribution in [1.29, 1.82) is 0 Å². The topological polar surface area (TPSA) is 87.7 Å². The lowest BCUT2D eigenvalue weighted by molar-refractivity contribution is -0.139. The Morgan fingerprint density at radius 1 is 1.35 bits per heavy atom. The average Bonchev–Trinajstić information content (AvgIpc) is 2.22. The third-order valence-corrected chi connectivity index (χ3v) is 2.05. The molecule has 0 aliphatic carbocycles. The van der Waals surface area contributed by atoms with Crippen LogP contribution in [-0.2, 0) is 9.53 Å². The van der Waals surface area contributed by atoms with Crippen LogP contribution in [0, 0.1) is 5.92 Å². The molecule has 0 fully saturated rings. The number of aliphatic carboxylic acids is 1. The van der Waals surface area contributed by atoms with E-state index in [0.717, 1.165) is 0 Å². The number of nitrogens with one attached hydrogen (secondary N) is 2. The van der Waals surface area contributed by atoms with E-state index in [1.54, 1.807) is 0 Å². The maximum atomic E-state index is 11.4. The van der Waals surface area contributed by atoms with Crippen molar-refractivity contribution in [3.05, 3.63) is 0 Å². The Morgan fingerprint density at radius 2 is 2.00 bits per heavy atom. The summed E-state index contributed by atoms with van der Waals surface area (Å²) in [7, 11) is 0. The van der Waals surface area contributed by atoms with Gasteiger partial charge in [-0.1, -0.05) is 13.8 Å². The van der Waals surface area contributed by atoms with Crippen LogP contribution in [0.5, 0.6) is 0 Å². The number of rotatable bonds is 8. The number of hydrogen-bond donors (Lipinski definition) is 3. The molecule has 0 aromatic carbocycles. The molecule has 0 rings (SSSR count). The number of hydrogen-bond acceptors (Lipinski definition) is 3.